The summed E-state index contributed by atoms with van der Waals surface area (Å²) < 4.78 is 85.8. The number of rotatable bonds is 9. The van der Waals surface area contributed by atoms with Crippen molar-refractivity contribution in [1.82, 2.24) is 18.7 Å². The number of ether oxygens (including phenoxy) is 1. The summed E-state index contributed by atoms with van der Waals surface area (Å²) in [5.41, 5.74) is 13.2. The molecule has 0 aliphatic rings. The quantitative estimate of drug-likeness (QED) is 0.107. The van der Waals surface area contributed by atoms with Gasteiger partial charge < -0.3 is 18.4 Å². The molecule has 7 heteroatoms. The molecular weight excluding hydrogens is 1170 g/mol. The molecule has 4 aromatic heterocycles. The molecule has 6 nitrogen and oxygen atoms in total. The van der Waals surface area contributed by atoms with Crippen LogP contribution < -0.4 is 9.30 Å². The van der Waals surface area contributed by atoms with Gasteiger partial charge in [0, 0.05) is 60.7 Å². The van der Waals surface area contributed by atoms with Crippen LogP contribution in [0.4, 0.5) is 0 Å². The molecule has 0 spiro atoms. The molecule has 0 bridgehead atoms. The van der Waals surface area contributed by atoms with Crippen LogP contribution in [0.5, 0.6) is 11.5 Å². The summed E-state index contributed by atoms with van der Waals surface area (Å²) in [5, 5.41) is 1.51. The third-order valence-electron chi connectivity index (χ3n) is 15.8. The molecule has 0 amide bonds. The Morgan fingerprint density at radius 2 is 1.19 bits per heavy atom. The summed E-state index contributed by atoms with van der Waals surface area (Å²) in [7, 11) is 0. The Labute approximate surface area is 501 Å². The zero-order chi connectivity index (χ0) is 62.2. The van der Waals surface area contributed by atoms with Gasteiger partial charge in [-0.25, -0.2) is 4.98 Å². The van der Waals surface area contributed by atoms with E-state index in [2.05, 4.69) is 177 Å². The number of aromatic nitrogens is 5. The molecule has 0 saturated heterocycles. The van der Waals surface area contributed by atoms with Gasteiger partial charge in [-0.05, 0) is 115 Å². The van der Waals surface area contributed by atoms with Crippen LogP contribution in [0.1, 0.15) is 103 Å². The minimum atomic E-state index is -0.497. The molecule has 0 aliphatic heterocycles. The van der Waals surface area contributed by atoms with E-state index in [1.165, 1.54) is 11.1 Å². The van der Waals surface area contributed by atoms with Crippen LogP contribution in [-0.4, -0.2) is 18.7 Å². The number of imidazole rings is 1. The van der Waals surface area contributed by atoms with Gasteiger partial charge in [-0.3, -0.25) is 4.57 Å². The number of fused-ring (bicyclic) bond motifs is 7. The SMILES string of the molecule is [2H]c1c([2H])c([2H])c2c(c1[2H])c1c([2H])c([2H])c([2H])c([2H])c1n2-c1ccc2c(c1)c1ccc(Oc3[c-]c(-n4[c-][n+](-c5c(-c6ccccc6)cccc5-c5cc(C(C)(C)C)cc(C(C)(C)C)c5)c5ccccc54)ccc3)[c-]c1n2-c1cc(C(C)C(C)(C)C)ccn1.[Pt]. The molecule has 81 heavy (non-hydrogen) atoms. The van der Waals surface area contributed by atoms with Crippen LogP contribution in [0.3, 0.4) is 0 Å². The van der Waals surface area contributed by atoms with Crippen molar-refractivity contribution < 1.29 is 41.3 Å². The summed E-state index contributed by atoms with van der Waals surface area (Å²) in [4.78, 5) is 4.97. The van der Waals surface area contributed by atoms with E-state index in [1.807, 2.05) is 76.0 Å². The van der Waals surface area contributed by atoms with Crippen LogP contribution in [0.25, 0.3) is 99.8 Å². The fourth-order valence-corrected chi connectivity index (χ4v) is 11.0. The summed E-state index contributed by atoms with van der Waals surface area (Å²) in [6.45, 7) is 22.5. The van der Waals surface area contributed by atoms with Crippen molar-refractivity contribution in [3.8, 4) is 56.6 Å². The van der Waals surface area contributed by atoms with Crippen molar-refractivity contribution >= 4 is 54.6 Å². The molecule has 9 aromatic carbocycles. The van der Waals surface area contributed by atoms with Crippen molar-refractivity contribution in [3.63, 3.8) is 0 Å². The van der Waals surface area contributed by atoms with Gasteiger partial charge in [0.05, 0.1) is 38.7 Å². The maximum atomic E-state index is 9.21. The van der Waals surface area contributed by atoms with Crippen LogP contribution >= 0.6 is 0 Å². The Bertz CT molecular complexity index is 4920. The summed E-state index contributed by atoms with van der Waals surface area (Å²) >= 11 is 0. The van der Waals surface area contributed by atoms with Crippen LogP contribution in [0.15, 0.2) is 206 Å². The van der Waals surface area contributed by atoms with Gasteiger partial charge in [-0.2, -0.15) is 18.2 Å². The van der Waals surface area contributed by atoms with Gasteiger partial charge in [0.15, 0.2) is 0 Å². The van der Waals surface area contributed by atoms with E-state index in [9.17, 15) is 2.74 Å². The van der Waals surface area contributed by atoms with Crippen molar-refractivity contribution in [1.29, 1.82) is 0 Å². The Balaban J connectivity index is 0.00000769. The zero-order valence-corrected chi connectivity index (χ0v) is 49.3. The fraction of sp³-hybridized carbons (Fsp3) is 0.189. The standard InChI is InChI=1S/C74H65N5O.Pt/c1-48(72(2,3)4)50-38-39-75-70(42-50)79-66-37-34-55(78-64-30-16-14-26-60(64)61-27-15-17-31-65(61)78)45-63(66)62-36-35-57(46-69(62)79)80-56-25-20-24-54(44-56)76-47-77(68-33-19-18-32-67(68)76)71-58(49-22-12-11-13-23-49)28-21-29-59(71)51-40-52(73(5,6)7)43-53(41-51)74(8,9)10;/h11-43,45,48H,1-10H3;/q-2;/i14D,15D,16D,17D,26D,27D,30D,31D;. The number of hydrogen-bond acceptors (Lipinski definition) is 2. The zero-order valence-electron chi connectivity index (χ0n) is 55.0. The average molecular weight is 1240 g/mol. The third-order valence-corrected chi connectivity index (χ3v) is 15.8. The molecule has 0 N–H and O–H groups in total. The smallest absolute Gasteiger partial charge is 0.268 e. The number of nitrogens with zero attached hydrogens (tertiary/aromatic N) is 5. The van der Waals surface area contributed by atoms with Gasteiger partial charge in [0.1, 0.15) is 5.82 Å². The minimum absolute atomic E-state index is 0. The van der Waals surface area contributed by atoms with E-state index in [0.29, 0.717) is 34.2 Å². The monoisotopic (exact) mass is 1240 g/mol. The first-order valence-corrected chi connectivity index (χ1v) is 27.3. The summed E-state index contributed by atoms with van der Waals surface area (Å²) in [5.74, 6) is 1.64. The number of pyridine rings is 1. The first kappa shape index (κ1) is 44.4. The van der Waals surface area contributed by atoms with Crippen LogP contribution in [0.2, 0.25) is 0 Å². The van der Waals surface area contributed by atoms with Gasteiger partial charge in [-0.1, -0.05) is 202 Å². The molecule has 1 atom stereocenters. The number of para-hydroxylation sites is 5. The first-order chi connectivity index (χ1) is 41.8. The predicted octanol–water partition coefficient (Wildman–Crippen LogP) is 18.8. The Morgan fingerprint density at radius 1 is 0.543 bits per heavy atom. The molecular formula is C74H65N5OPt-2. The van der Waals surface area contributed by atoms with Gasteiger partial charge >= 0.3 is 0 Å². The molecule has 0 radical (unpaired) electrons. The van der Waals surface area contributed by atoms with Gasteiger partial charge in [0.2, 0.25) is 0 Å². The van der Waals surface area contributed by atoms with E-state index in [0.717, 1.165) is 60.8 Å². The largest absolute Gasteiger partial charge is 0.510 e. The van der Waals surface area contributed by atoms with E-state index in [-0.39, 0.29) is 77.1 Å². The topological polar surface area (TPSA) is 40.8 Å². The van der Waals surface area contributed by atoms with Crippen molar-refractivity contribution in [2.75, 3.05) is 0 Å². The molecule has 0 aliphatic carbocycles. The molecule has 1 unspecified atom stereocenters. The second-order valence-electron chi connectivity index (χ2n) is 24.1. The van der Waals surface area contributed by atoms with Crippen molar-refractivity contribution in [3.05, 3.63) is 241 Å². The van der Waals surface area contributed by atoms with E-state index < -0.39 is 36.3 Å². The van der Waals surface area contributed by atoms with E-state index in [4.69, 9.17) is 17.9 Å². The molecule has 4 heterocycles. The summed E-state index contributed by atoms with van der Waals surface area (Å²) in [6.07, 6.45) is 5.64. The second-order valence-corrected chi connectivity index (χ2v) is 24.1. The van der Waals surface area contributed by atoms with E-state index >= 15 is 0 Å². The van der Waals surface area contributed by atoms with E-state index in [1.54, 1.807) is 10.6 Å². The maximum Gasteiger partial charge on any atom is 0.268 e. The molecule has 0 fully saturated rings. The maximum absolute atomic E-state index is 9.21. The van der Waals surface area contributed by atoms with Crippen molar-refractivity contribution in [2.24, 2.45) is 5.41 Å². The number of benzene rings is 9. The Morgan fingerprint density at radius 3 is 1.88 bits per heavy atom. The predicted molar refractivity (Wildman–Crippen MR) is 330 cm³/mol. The first-order valence-electron chi connectivity index (χ1n) is 31.3. The third kappa shape index (κ3) is 9.57. The second kappa shape index (κ2) is 20.3. The Kier molecular flexibility index (Phi) is 11.2. The van der Waals surface area contributed by atoms with Gasteiger partial charge in [-0.15, -0.1) is 29.7 Å². The van der Waals surface area contributed by atoms with Gasteiger partial charge in [0.25, 0.3) is 6.33 Å². The molecule has 0 saturated carbocycles. The molecule has 13 rings (SSSR count). The van der Waals surface area contributed by atoms with Crippen molar-refractivity contribution in [2.45, 2.75) is 86.0 Å². The Hall–Kier alpha value is -8.31. The molecule has 13 aromatic rings. The van der Waals surface area contributed by atoms with Crippen LogP contribution in [-0.2, 0) is 31.9 Å². The average Bonchev–Trinajstić information content (AvgIpc) is 1.57. The summed E-state index contributed by atoms with van der Waals surface area (Å²) in [6, 6.07) is 55.6. The normalized spacial score (nSPS) is 14.0. The minimum Gasteiger partial charge on any atom is -0.510 e. The molecule has 404 valence electrons. The number of hydrogen-bond donors (Lipinski definition) is 0. The fourth-order valence-electron chi connectivity index (χ4n) is 11.0. The van der Waals surface area contributed by atoms with Crippen LogP contribution in [0, 0.1) is 23.9 Å².